The van der Waals surface area contributed by atoms with Crippen LogP contribution in [0.3, 0.4) is 0 Å². The predicted molar refractivity (Wildman–Crippen MR) is 93.2 cm³/mol. The lowest BCUT2D eigenvalue weighted by molar-refractivity contribution is 0.991. The number of rotatable bonds is 3. The third-order valence-corrected chi connectivity index (χ3v) is 4.86. The fraction of sp³-hybridized carbons (Fsp3) is 0.238. The molecule has 0 aromatic heterocycles. The van der Waals surface area contributed by atoms with Crippen LogP contribution in [-0.2, 0) is 6.54 Å². The van der Waals surface area contributed by atoms with Crippen LogP contribution in [0.2, 0.25) is 0 Å². The van der Waals surface area contributed by atoms with E-state index in [4.69, 9.17) is 0 Å². The van der Waals surface area contributed by atoms with Crippen molar-refractivity contribution in [2.24, 2.45) is 0 Å². The molecule has 0 amide bonds. The number of hydrogen-bond acceptors (Lipinski definition) is 1. The van der Waals surface area contributed by atoms with Gasteiger partial charge in [0.2, 0.25) is 0 Å². The summed E-state index contributed by atoms with van der Waals surface area (Å²) in [5.41, 5.74) is 8.64. The summed E-state index contributed by atoms with van der Waals surface area (Å²) >= 11 is 0. The van der Waals surface area contributed by atoms with E-state index >= 15 is 0 Å². The summed E-state index contributed by atoms with van der Waals surface area (Å²) in [5.74, 6) is 0.980. The van der Waals surface area contributed by atoms with E-state index in [1.807, 2.05) is 0 Å². The molecule has 1 nitrogen and oxygen atoms in total. The van der Waals surface area contributed by atoms with Gasteiger partial charge in [-0.1, -0.05) is 60.2 Å². The molecule has 22 heavy (non-hydrogen) atoms. The average Bonchev–Trinajstić information content (AvgIpc) is 3.11. The van der Waals surface area contributed by atoms with E-state index in [2.05, 4.69) is 79.8 Å². The van der Waals surface area contributed by atoms with E-state index < -0.39 is 0 Å². The van der Waals surface area contributed by atoms with Crippen molar-refractivity contribution in [3.8, 4) is 0 Å². The third-order valence-electron chi connectivity index (χ3n) is 4.86. The molecular weight excluding hydrogens is 266 g/mol. The van der Waals surface area contributed by atoms with Crippen molar-refractivity contribution < 1.29 is 0 Å². The van der Waals surface area contributed by atoms with E-state index in [9.17, 15) is 0 Å². The molecule has 1 heteroatoms. The van der Waals surface area contributed by atoms with Crippen molar-refractivity contribution in [3.05, 3.63) is 88.5 Å². The Morgan fingerprint density at radius 2 is 1.68 bits per heavy atom. The lowest BCUT2D eigenvalue weighted by atomic mass is 9.95. The molecule has 2 aromatic rings. The van der Waals surface area contributed by atoms with Crippen molar-refractivity contribution in [1.29, 1.82) is 0 Å². The zero-order valence-corrected chi connectivity index (χ0v) is 13.1. The van der Waals surface area contributed by atoms with E-state index in [0.717, 1.165) is 6.54 Å². The predicted octanol–water partition coefficient (Wildman–Crippen LogP) is 5.39. The first-order chi connectivity index (χ1) is 10.8. The zero-order chi connectivity index (χ0) is 15.1. The van der Waals surface area contributed by atoms with Crippen LogP contribution in [0.4, 0.5) is 5.69 Å². The third kappa shape index (κ3) is 2.00. The molecule has 4 rings (SSSR count). The van der Waals surface area contributed by atoms with Gasteiger partial charge in [0.25, 0.3) is 0 Å². The Balaban J connectivity index is 1.67. The summed E-state index contributed by atoms with van der Waals surface area (Å²) in [6, 6.07) is 17.3. The molecule has 2 aliphatic rings. The molecule has 0 radical (unpaired) electrons. The van der Waals surface area contributed by atoms with Crippen LogP contribution in [0.15, 0.2) is 71.8 Å². The SMILES string of the molecule is CC(C)=C1C2C=CC1c1c(NCc3ccccc3)cccc12. The number of hydrogen-bond donors (Lipinski definition) is 1. The summed E-state index contributed by atoms with van der Waals surface area (Å²) in [6.45, 7) is 5.36. The number of nitrogens with one attached hydrogen (secondary N) is 1. The second kappa shape index (κ2) is 5.17. The molecule has 0 saturated carbocycles. The van der Waals surface area contributed by atoms with Gasteiger partial charge < -0.3 is 5.32 Å². The lowest BCUT2D eigenvalue weighted by Gasteiger charge is -2.16. The van der Waals surface area contributed by atoms with Crippen molar-refractivity contribution in [2.45, 2.75) is 32.2 Å². The molecule has 0 saturated heterocycles. The van der Waals surface area contributed by atoms with E-state index in [-0.39, 0.29) is 0 Å². The fourth-order valence-electron chi connectivity index (χ4n) is 3.92. The highest BCUT2D eigenvalue weighted by Crippen LogP contribution is 2.55. The molecule has 0 spiro atoms. The van der Waals surface area contributed by atoms with Crippen molar-refractivity contribution in [1.82, 2.24) is 0 Å². The minimum absolute atomic E-state index is 0.476. The van der Waals surface area contributed by atoms with Gasteiger partial charge in [0, 0.05) is 24.1 Å². The average molecular weight is 287 g/mol. The Kier molecular flexibility index (Phi) is 3.15. The van der Waals surface area contributed by atoms with Crippen LogP contribution in [0.25, 0.3) is 0 Å². The molecule has 2 aliphatic carbocycles. The van der Waals surface area contributed by atoms with Crippen molar-refractivity contribution in [3.63, 3.8) is 0 Å². The van der Waals surface area contributed by atoms with Crippen LogP contribution in [0.5, 0.6) is 0 Å². The summed E-state index contributed by atoms with van der Waals surface area (Å²) < 4.78 is 0. The Morgan fingerprint density at radius 1 is 0.909 bits per heavy atom. The standard InChI is InChI=1S/C21H21N/c1-14(2)20-17-11-12-18(20)21-16(17)9-6-10-19(21)22-13-15-7-4-3-5-8-15/h3-12,17-18,22H,13H2,1-2H3. The van der Waals surface area contributed by atoms with Crippen LogP contribution in [0.1, 0.15) is 42.4 Å². The summed E-state index contributed by atoms with van der Waals surface area (Å²) in [6.07, 6.45) is 4.75. The highest BCUT2D eigenvalue weighted by molar-refractivity contribution is 5.70. The molecule has 2 atom stereocenters. The zero-order valence-electron chi connectivity index (χ0n) is 13.1. The van der Waals surface area contributed by atoms with Gasteiger partial charge in [0.15, 0.2) is 0 Å². The van der Waals surface area contributed by atoms with Gasteiger partial charge in [-0.3, -0.25) is 0 Å². The molecule has 2 unspecified atom stereocenters. The Labute approximate surface area is 132 Å². The van der Waals surface area contributed by atoms with Gasteiger partial charge in [-0.05, 0) is 42.2 Å². The second-order valence-electron chi connectivity index (χ2n) is 6.44. The molecule has 0 fully saturated rings. The second-order valence-corrected chi connectivity index (χ2v) is 6.44. The van der Waals surface area contributed by atoms with E-state index in [0.29, 0.717) is 11.8 Å². The Hall–Kier alpha value is -2.28. The van der Waals surface area contributed by atoms with Gasteiger partial charge in [-0.15, -0.1) is 0 Å². The van der Waals surface area contributed by atoms with E-state index in [1.165, 1.54) is 28.0 Å². The van der Waals surface area contributed by atoms with Crippen LogP contribution in [-0.4, -0.2) is 0 Å². The van der Waals surface area contributed by atoms with Gasteiger partial charge >= 0.3 is 0 Å². The quantitative estimate of drug-likeness (QED) is 0.747. The molecule has 0 heterocycles. The monoisotopic (exact) mass is 287 g/mol. The van der Waals surface area contributed by atoms with E-state index in [1.54, 1.807) is 5.57 Å². The normalized spacial score (nSPS) is 21.1. The molecule has 1 N–H and O–H groups in total. The van der Waals surface area contributed by atoms with Crippen molar-refractivity contribution in [2.75, 3.05) is 5.32 Å². The first-order valence-corrected chi connectivity index (χ1v) is 8.02. The number of anilines is 1. The maximum absolute atomic E-state index is 3.65. The number of benzene rings is 2. The molecule has 110 valence electrons. The fourth-order valence-corrected chi connectivity index (χ4v) is 3.92. The van der Waals surface area contributed by atoms with Crippen LogP contribution in [0, 0.1) is 0 Å². The molecular formula is C21H21N. The minimum Gasteiger partial charge on any atom is -0.381 e. The summed E-state index contributed by atoms with van der Waals surface area (Å²) in [5, 5.41) is 3.65. The Bertz CT molecular complexity index is 764. The van der Waals surface area contributed by atoms with Crippen molar-refractivity contribution >= 4 is 5.69 Å². The van der Waals surface area contributed by atoms with Gasteiger partial charge in [0.05, 0.1) is 0 Å². The lowest BCUT2D eigenvalue weighted by Crippen LogP contribution is -2.04. The topological polar surface area (TPSA) is 12.0 Å². The number of allylic oxidation sites excluding steroid dienone is 4. The number of fused-ring (bicyclic) bond motifs is 5. The van der Waals surface area contributed by atoms with Gasteiger partial charge in [0.1, 0.15) is 0 Å². The first kappa shape index (κ1) is 13.4. The first-order valence-electron chi connectivity index (χ1n) is 8.02. The summed E-state index contributed by atoms with van der Waals surface area (Å²) in [4.78, 5) is 0. The van der Waals surface area contributed by atoms with Crippen LogP contribution >= 0.6 is 0 Å². The molecule has 2 bridgehead atoms. The minimum atomic E-state index is 0.476. The largest absolute Gasteiger partial charge is 0.381 e. The highest BCUT2D eigenvalue weighted by atomic mass is 14.9. The Morgan fingerprint density at radius 3 is 2.45 bits per heavy atom. The molecule has 0 aliphatic heterocycles. The van der Waals surface area contributed by atoms with Gasteiger partial charge in [-0.2, -0.15) is 0 Å². The van der Waals surface area contributed by atoms with Crippen LogP contribution < -0.4 is 5.32 Å². The maximum Gasteiger partial charge on any atom is 0.0400 e. The highest BCUT2D eigenvalue weighted by Gasteiger charge is 2.39. The summed E-state index contributed by atoms with van der Waals surface area (Å²) in [7, 11) is 0. The maximum atomic E-state index is 3.65. The van der Waals surface area contributed by atoms with Gasteiger partial charge in [-0.25, -0.2) is 0 Å². The molecule has 2 aromatic carbocycles. The smallest absolute Gasteiger partial charge is 0.0400 e.